The Morgan fingerprint density at radius 2 is 1.48 bits per heavy atom. The van der Waals surface area contributed by atoms with Gasteiger partial charge in [-0.05, 0) is 47.5 Å². The van der Waals surface area contributed by atoms with Gasteiger partial charge in [0, 0.05) is 48.6 Å². The molecule has 2 heterocycles. The van der Waals surface area contributed by atoms with Crippen molar-refractivity contribution in [3.8, 4) is 0 Å². The van der Waals surface area contributed by atoms with E-state index in [-0.39, 0.29) is 49.6 Å². The van der Waals surface area contributed by atoms with Crippen LogP contribution >= 0.6 is 0 Å². The van der Waals surface area contributed by atoms with Crippen LogP contribution in [0.1, 0.15) is 44.7 Å². The lowest BCUT2D eigenvalue weighted by Crippen LogP contribution is -2.28. The molecule has 166 valence electrons. The number of hydrogen-bond acceptors (Lipinski definition) is 5. The van der Waals surface area contributed by atoms with Crippen molar-refractivity contribution in [2.75, 3.05) is 5.32 Å². The minimum atomic E-state index is -0.249. The molecule has 8 nitrogen and oxygen atoms in total. The molecule has 0 aliphatic carbocycles. The van der Waals surface area contributed by atoms with Crippen molar-refractivity contribution in [1.29, 1.82) is 0 Å². The van der Waals surface area contributed by atoms with Gasteiger partial charge in [-0.2, -0.15) is 0 Å². The molecule has 2 N–H and O–H groups in total. The summed E-state index contributed by atoms with van der Waals surface area (Å²) in [7, 11) is 0. The van der Waals surface area contributed by atoms with E-state index in [0.29, 0.717) is 16.8 Å². The number of nitrogens with one attached hydrogen (secondary N) is 2. The molecule has 1 saturated heterocycles. The lowest BCUT2D eigenvalue weighted by Gasteiger charge is -2.14. The van der Waals surface area contributed by atoms with Crippen molar-refractivity contribution < 1.29 is 19.2 Å². The summed E-state index contributed by atoms with van der Waals surface area (Å²) in [5.41, 5.74) is 3.22. The Hall–Kier alpha value is -4.33. The molecule has 0 saturated carbocycles. The number of carbonyl (C=O) groups excluding carboxylic acids is 4. The molecule has 1 aliphatic rings. The van der Waals surface area contributed by atoms with Crippen LogP contribution in [0.15, 0.2) is 73.1 Å². The van der Waals surface area contributed by atoms with Crippen LogP contribution in [0.4, 0.5) is 5.69 Å². The zero-order chi connectivity index (χ0) is 23.2. The third kappa shape index (κ3) is 5.48. The lowest BCUT2D eigenvalue weighted by atomic mass is 10.1. The summed E-state index contributed by atoms with van der Waals surface area (Å²) in [5, 5.41) is 5.68. The van der Waals surface area contributed by atoms with Crippen LogP contribution in [0.5, 0.6) is 0 Å². The Labute approximate surface area is 190 Å². The Bertz CT molecular complexity index is 1180. The van der Waals surface area contributed by atoms with Gasteiger partial charge < -0.3 is 10.6 Å². The highest BCUT2D eigenvalue weighted by Crippen LogP contribution is 2.17. The number of rotatable bonds is 7. The normalized spacial score (nSPS) is 13.2. The van der Waals surface area contributed by atoms with Gasteiger partial charge in [-0.15, -0.1) is 0 Å². The molecular weight excluding hydrogens is 420 g/mol. The molecule has 2 aromatic carbocycles. The fourth-order valence-corrected chi connectivity index (χ4v) is 3.49. The fraction of sp³-hybridized carbons (Fsp3) is 0.160. The number of anilines is 1. The van der Waals surface area contributed by atoms with Crippen molar-refractivity contribution in [1.82, 2.24) is 15.2 Å². The predicted octanol–water partition coefficient (Wildman–Crippen LogP) is 2.91. The van der Waals surface area contributed by atoms with Crippen LogP contribution in [-0.4, -0.2) is 33.5 Å². The van der Waals surface area contributed by atoms with Gasteiger partial charge in [0.2, 0.25) is 11.8 Å². The number of pyridine rings is 1. The fourth-order valence-electron chi connectivity index (χ4n) is 3.49. The molecule has 3 aromatic rings. The second-order valence-electron chi connectivity index (χ2n) is 7.64. The standard InChI is InChI=1S/C25H22N4O4/c30-22-8-9-23(31)29(22)16-17-4-6-19(7-5-17)24(32)27-15-18-2-1-3-21(14-18)28-25(33)20-10-12-26-13-11-20/h1-7,10-14H,8-9,15-16H2,(H,27,32)(H,28,33). The van der Waals surface area contributed by atoms with Crippen LogP contribution < -0.4 is 10.6 Å². The molecule has 1 aliphatic heterocycles. The maximum atomic E-state index is 12.5. The monoisotopic (exact) mass is 442 g/mol. The Morgan fingerprint density at radius 3 is 2.18 bits per heavy atom. The van der Waals surface area contributed by atoms with Gasteiger partial charge in [0.25, 0.3) is 11.8 Å². The smallest absolute Gasteiger partial charge is 0.255 e. The minimum absolute atomic E-state index is 0.166. The number of likely N-dealkylation sites (tertiary alicyclic amines) is 1. The van der Waals surface area contributed by atoms with Crippen LogP contribution in [0.25, 0.3) is 0 Å². The van der Waals surface area contributed by atoms with Crippen molar-refractivity contribution in [2.24, 2.45) is 0 Å². The maximum absolute atomic E-state index is 12.5. The average Bonchev–Trinajstić information content (AvgIpc) is 3.16. The molecule has 0 unspecified atom stereocenters. The van der Waals surface area contributed by atoms with E-state index in [9.17, 15) is 19.2 Å². The van der Waals surface area contributed by atoms with Crippen LogP contribution in [0.3, 0.4) is 0 Å². The minimum Gasteiger partial charge on any atom is -0.348 e. The summed E-state index contributed by atoms with van der Waals surface area (Å²) in [6.45, 7) is 0.508. The van der Waals surface area contributed by atoms with E-state index >= 15 is 0 Å². The molecule has 1 aromatic heterocycles. The first-order valence-corrected chi connectivity index (χ1v) is 10.5. The van der Waals surface area contributed by atoms with Crippen molar-refractivity contribution in [3.05, 3.63) is 95.3 Å². The summed E-state index contributed by atoms with van der Waals surface area (Å²) in [4.78, 5) is 53.5. The first kappa shape index (κ1) is 21.9. The summed E-state index contributed by atoms with van der Waals surface area (Å²) >= 11 is 0. The number of aromatic nitrogens is 1. The van der Waals surface area contributed by atoms with Gasteiger partial charge in [0.1, 0.15) is 0 Å². The highest BCUT2D eigenvalue weighted by molar-refractivity contribution is 6.04. The van der Waals surface area contributed by atoms with E-state index in [4.69, 9.17) is 0 Å². The van der Waals surface area contributed by atoms with Gasteiger partial charge in [0.05, 0.1) is 6.54 Å². The molecule has 0 spiro atoms. The Morgan fingerprint density at radius 1 is 0.818 bits per heavy atom. The predicted molar refractivity (Wildman–Crippen MR) is 121 cm³/mol. The highest BCUT2D eigenvalue weighted by atomic mass is 16.2. The van der Waals surface area contributed by atoms with Gasteiger partial charge >= 0.3 is 0 Å². The second-order valence-corrected chi connectivity index (χ2v) is 7.64. The zero-order valence-electron chi connectivity index (χ0n) is 17.8. The van der Waals surface area contributed by atoms with Gasteiger partial charge in [-0.3, -0.25) is 29.1 Å². The van der Waals surface area contributed by atoms with Gasteiger partial charge in [-0.25, -0.2) is 0 Å². The first-order valence-electron chi connectivity index (χ1n) is 10.5. The highest BCUT2D eigenvalue weighted by Gasteiger charge is 2.28. The molecule has 8 heteroatoms. The number of benzene rings is 2. The molecule has 1 fully saturated rings. The summed E-state index contributed by atoms with van der Waals surface area (Å²) in [5.74, 6) is -0.820. The molecular formula is C25H22N4O4. The third-order valence-corrected chi connectivity index (χ3v) is 5.29. The zero-order valence-corrected chi connectivity index (χ0v) is 17.8. The number of nitrogens with zero attached hydrogens (tertiary/aromatic N) is 2. The van der Waals surface area contributed by atoms with Crippen LogP contribution in [0.2, 0.25) is 0 Å². The van der Waals surface area contributed by atoms with Gasteiger partial charge in [0.15, 0.2) is 0 Å². The van der Waals surface area contributed by atoms with E-state index in [1.807, 2.05) is 6.07 Å². The first-order chi connectivity index (χ1) is 16.0. The van der Waals surface area contributed by atoms with E-state index < -0.39 is 0 Å². The number of carbonyl (C=O) groups is 4. The molecule has 0 radical (unpaired) electrons. The van der Waals surface area contributed by atoms with Crippen molar-refractivity contribution in [3.63, 3.8) is 0 Å². The Balaban J connectivity index is 1.32. The van der Waals surface area contributed by atoms with Gasteiger partial charge in [-0.1, -0.05) is 24.3 Å². The maximum Gasteiger partial charge on any atom is 0.255 e. The number of hydrogen-bond donors (Lipinski definition) is 2. The third-order valence-electron chi connectivity index (χ3n) is 5.29. The molecule has 0 atom stereocenters. The Kier molecular flexibility index (Phi) is 6.54. The topological polar surface area (TPSA) is 108 Å². The summed E-state index contributed by atoms with van der Waals surface area (Å²) < 4.78 is 0. The number of amides is 4. The average molecular weight is 442 g/mol. The lowest BCUT2D eigenvalue weighted by molar-refractivity contribution is -0.139. The molecule has 33 heavy (non-hydrogen) atoms. The van der Waals surface area contributed by atoms with Crippen molar-refractivity contribution in [2.45, 2.75) is 25.9 Å². The van der Waals surface area contributed by atoms with E-state index in [2.05, 4.69) is 15.6 Å². The largest absolute Gasteiger partial charge is 0.348 e. The van der Waals surface area contributed by atoms with Crippen LogP contribution in [-0.2, 0) is 22.7 Å². The van der Waals surface area contributed by atoms with E-state index in [1.54, 1.807) is 67.0 Å². The molecule has 4 amide bonds. The van der Waals surface area contributed by atoms with E-state index in [0.717, 1.165) is 11.1 Å². The summed E-state index contributed by atoms with van der Waals surface area (Å²) in [6.07, 6.45) is 3.62. The van der Waals surface area contributed by atoms with Crippen molar-refractivity contribution >= 4 is 29.3 Å². The molecule has 0 bridgehead atoms. The van der Waals surface area contributed by atoms with Crippen LogP contribution in [0, 0.1) is 0 Å². The quantitative estimate of drug-likeness (QED) is 0.547. The molecule has 4 rings (SSSR count). The van der Waals surface area contributed by atoms with E-state index in [1.165, 1.54) is 4.90 Å². The number of imide groups is 1. The second kappa shape index (κ2) is 9.86. The summed E-state index contributed by atoms with van der Waals surface area (Å²) in [6, 6.07) is 17.3. The SMILES string of the molecule is O=C(NCc1cccc(NC(=O)c2ccncc2)c1)c1ccc(CN2C(=O)CCC2=O)cc1.